The average Bonchev–Trinajstić information content (AvgIpc) is 1.35. The first-order valence-electron chi connectivity index (χ1n) is 1.67. The van der Waals surface area contributed by atoms with Crippen LogP contribution in [0, 0.1) is 0 Å². The van der Waals surface area contributed by atoms with E-state index in [1.165, 1.54) is 0 Å². The number of rotatable bonds is 1. The van der Waals surface area contributed by atoms with Crippen molar-refractivity contribution in [2.75, 3.05) is 0 Å². The van der Waals surface area contributed by atoms with Crippen LogP contribution in [0.3, 0.4) is 0 Å². The third-order valence-electron chi connectivity index (χ3n) is 0.307. The molecule has 0 rings (SSSR count). The molecule has 0 aliphatic rings. The zero-order chi connectivity index (χ0) is 5.21. The third kappa shape index (κ3) is 4.59. The molecule has 33 valence electrons. The molecule has 0 amide bonds. The zero-order valence-electron chi connectivity index (χ0n) is 3.90. The molecule has 0 aliphatic carbocycles. The summed E-state index contributed by atoms with van der Waals surface area (Å²) >= 11 is 2.15. The van der Waals surface area contributed by atoms with Crippen molar-refractivity contribution < 1.29 is 0 Å². The number of nitrogens with zero attached hydrogens (tertiary/aromatic N) is 1. The summed E-state index contributed by atoms with van der Waals surface area (Å²) in [6.07, 6.45) is 0. The Morgan fingerprint density at radius 3 is 1.83 bits per heavy atom. The summed E-state index contributed by atoms with van der Waals surface area (Å²) in [5.74, 6) is 0. The molecule has 0 aliphatic heterocycles. The first-order chi connectivity index (χ1) is 2.56. The monoisotopic (exact) mass is 194 g/mol. The molecule has 0 saturated carbocycles. The summed E-state index contributed by atoms with van der Waals surface area (Å²) in [4.78, 5) is 3.51. The second-order valence-electron chi connectivity index (χ2n) is 1.54. The van der Waals surface area contributed by atoms with Gasteiger partial charge in [0.2, 0.25) is 0 Å². The third-order valence-corrected chi connectivity index (χ3v) is 0.586. The fraction of sp³-hybridized carbons (Fsp3) is 1.00. The molecule has 0 N–H and O–H groups in total. The van der Waals surface area contributed by atoms with Gasteiger partial charge in [0.1, 0.15) is 0 Å². The van der Waals surface area contributed by atoms with Gasteiger partial charge in [0.25, 0.3) is 0 Å². The first kappa shape index (κ1) is 6.59. The van der Waals surface area contributed by atoms with Crippen LogP contribution in [0.2, 0.25) is 0 Å². The van der Waals surface area contributed by atoms with Gasteiger partial charge in [-0.15, -0.1) is 0 Å². The Morgan fingerprint density at radius 1 is 1.67 bits per heavy atom. The van der Waals surface area contributed by atoms with Crippen molar-refractivity contribution in [3.05, 3.63) is 0 Å². The first-order valence-corrected chi connectivity index (χ1v) is 2.75. The topological polar surface area (TPSA) is 12.4 Å². The molecule has 0 fully saturated rings. The van der Waals surface area contributed by atoms with Crippen molar-refractivity contribution in [1.82, 2.24) is 0 Å². The van der Waals surface area contributed by atoms with Gasteiger partial charge in [-0.3, -0.25) is 0 Å². The van der Waals surface area contributed by atoms with E-state index in [4.69, 9.17) is 7.64 Å². The van der Waals surface area contributed by atoms with Gasteiger partial charge in [-0.25, -0.2) is 0 Å². The predicted octanol–water partition coefficient (Wildman–Crippen LogP) is 1.51. The standard InChI is InChI=1S/C3H6BIN/c1-3(2,5)6-4/h1-2H3. The summed E-state index contributed by atoms with van der Waals surface area (Å²) in [6.45, 7) is 3.88. The summed E-state index contributed by atoms with van der Waals surface area (Å²) < 4.78 is -0.0856. The Kier molecular flexibility index (Phi) is 2.25. The van der Waals surface area contributed by atoms with Crippen molar-refractivity contribution in [1.29, 1.82) is 0 Å². The maximum atomic E-state index is 4.92. The SMILES string of the molecule is [B]=NC(C)(C)I. The van der Waals surface area contributed by atoms with E-state index in [2.05, 4.69) is 27.5 Å². The summed E-state index contributed by atoms with van der Waals surface area (Å²) in [5, 5.41) is 0. The van der Waals surface area contributed by atoms with E-state index in [0.717, 1.165) is 0 Å². The maximum absolute atomic E-state index is 4.92. The van der Waals surface area contributed by atoms with Crippen LogP contribution in [0.5, 0.6) is 0 Å². The minimum absolute atomic E-state index is 0.0856. The van der Waals surface area contributed by atoms with Crippen molar-refractivity contribution >= 4 is 30.2 Å². The molecular weight excluding hydrogens is 188 g/mol. The van der Waals surface area contributed by atoms with E-state index < -0.39 is 0 Å². The fourth-order valence-electron chi connectivity index (χ4n) is 0. The number of hydrogen-bond donors (Lipinski definition) is 0. The molecule has 0 aromatic heterocycles. The van der Waals surface area contributed by atoms with Crippen molar-refractivity contribution in [2.24, 2.45) is 4.90 Å². The van der Waals surface area contributed by atoms with Crippen LogP contribution in [0.1, 0.15) is 13.8 Å². The van der Waals surface area contributed by atoms with Gasteiger partial charge in [-0.1, -0.05) is 0 Å². The molecule has 0 atom stereocenters. The second-order valence-corrected chi connectivity index (χ2v) is 4.18. The normalized spacial score (nSPS) is 11.0. The van der Waals surface area contributed by atoms with Crippen molar-refractivity contribution in [3.8, 4) is 0 Å². The van der Waals surface area contributed by atoms with E-state index in [1.54, 1.807) is 0 Å². The molecule has 1 nitrogen and oxygen atoms in total. The molecular formula is C3H6BIN. The van der Waals surface area contributed by atoms with Crippen molar-refractivity contribution in [2.45, 2.75) is 17.4 Å². The van der Waals surface area contributed by atoms with Gasteiger partial charge in [-0.2, -0.15) is 0 Å². The van der Waals surface area contributed by atoms with Gasteiger partial charge in [0, 0.05) is 0 Å². The van der Waals surface area contributed by atoms with Crippen LogP contribution in [0.4, 0.5) is 0 Å². The quantitative estimate of drug-likeness (QED) is 0.259. The van der Waals surface area contributed by atoms with Crippen LogP contribution in [-0.4, -0.2) is 11.2 Å². The zero-order valence-corrected chi connectivity index (χ0v) is 6.06. The van der Waals surface area contributed by atoms with Crippen LogP contribution < -0.4 is 0 Å². The second kappa shape index (κ2) is 2.05. The Balaban J connectivity index is 3.45. The van der Waals surface area contributed by atoms with Gasteiger partial charge < -0.3 is 0 Å². The number of hydrogen-bond acceptors (Lipinski definition) is 1. The van der Waals surface area contributed by atoms with E-state index >= 15 is 0 Å². The Labute approximate surface area is 52.8 Å². The Morgan fingerprint density at radius 2 is 1.83 bits per heavy atom. The van der Waals surface area contributed by atoms with E-state index in [1.807, 2.05) is 13.8 Å². The molecule has 1 radical (unpaired) electrons. The molecule has 0 heterocycles. The molecule has 0 aromatic rings. The predicted molar refractivity (Wildman–Crippen MR) is 36.3 cm³/mol. The number of alkyl halides is 1. The summed E-state index contributed by atoms with van der Waals surface area (Å²) in [6, 6.07) is 0. The fourth-order valence-corrected chi connectivity index (χ4v) is 0. The Bertz CT molecular complexity index is 56.3. The van der Waals surface area contributed by atoms with E-state index in [0.29, 0.717) is 0 Å². The van der Waals surface area contributed by atoms with Crippen LogP contribution in [-0.2, 0) is 0 Å². The summed E-state index contributed by atoms with van der Waals surface area (Å²) in [5.41, 5.74) is 0. The van der Waals surface area contributed by atoms with Crippen LogP contribution in [0.15, 0.2) is 4.90 Å². The molecule has 0 unspecified atom stereocenters. The van der Waals surface area contributed by atoms with Crippen LogP contribution >= 0.6 is 22.6 Å². The molecule has 0 bridgehead atoms. The number of halogens is 1. The molecule has 6 heavy (non-hydrogen) atoms. The van der Waals surface area contributed by atoms with Gasteiger partial charge in [0.05, 0.1) is 0 Å². The summed E-state index contributed by atoms with van der Waals surface area (Å²) in [7, 11) is 4.92. The minimum atomic E-state index is -0.0856. The molecule has 0 saturated heterocycles. The average molecular weight is 194 g/mol. The van der Waals surface area contributed by atoms with E-state index in [9.17, 15) is 0 Å². The van der Waals surface area contributed by atoms with E-state index in [-0.39, 0.29) is 3.55 Å². The van der Waals surface area contributed by atoms with Crippen LogP contribution in [0.25, 0.3) is 0 Å². The van der Waals surface area contributed by atoms with Gasteiger partial charge >= 0.3 is 52.5 Å². The van der Waals surface area contributed by atoms with Gasteiger partial charge in [-0.05, 0) is 0 Å². The van der Waals surface area contributed by atoms with Gasteiger partial charge in [0.15, 0.2) is 0 Å². The molecule has 0 spiro atoms. The molecule has 3 heteroatoms. The Hall–Kier alpha value is 0.595. The van der Waals surface area contributed by atoms with Crippen molar-refractivity contribution in [3.63, 3.8) is 0 Å². The molecule has 0 aromatic carbocycles.